The number of para-hydroxylation sites is 2. The van der Waals surface area contributed by atoms with Gasteiger partial charge in [-0.05, 0) is 38.5 Å². The first kappa shape index (κ1) is 25.0. The number of nitrogens with zero attached hydrogens (tertiary/aromatic N) is 2. The summed E-state index contributed by atoms with van der Waals surface area (Å²) in [4.78, 5) is 26.1. The van der Waals surface area contributed by atoms with Crippen LogP contribution in [0.1, 0.15) is 58.2 Å². The summed E-state index contributed by atoms with van der Waals surface area (Å²) in [5.74, 6) is -0.685. The van der Waals surface area contributed by atoms with E-state index in [4.69, 9.17) is 9.47 Å². The monoisotopic (exact) mass is 520 g/mol. The third-order valence-electron chi connectivity index (χ3n) is 8.19. The Kier molecular flexibility index (Phi) is 6.06. The summed E-state index contributed by atoms with van der Waals surface area (Å²) in [5.41, 5.74) is 5.97. The second-order valence-electron chi connectivity index (χ2n) is 10.2. The summed E-state index contributed by atoms with van der Waals surface area (Å²) in [6.45, 7) is 7.26. The Morgan fingerprint density at radius 3 is 2.05 bits per heavy atom. The van der Waals surface area contributed by atoms with Crippen LogP contribution in [0, 0.1) is 13.8 Å². The van der Waals surface area contributed by atoms with Gasteiger partial charge in [-0.2, -0.15) is 0 Å². The van der Waals surface area contributed by atoms with Crippen molar-refractivity contribution >= 4 is 33.7 Å². The fourth-order valence-corrected chi connectivity index (χ4v) is 6.47. The second-order valence-corrected chi connectivity index (χ2v) is 10.2. The molecule has 3 aromatic carbocycles. The molecule has 1 aliphatic heterocycles. The van der Waals surface area contributed by atoms with E-state index in [2.05, 4.69) is 36.6 Å². The first-order valence-corrected chi connectivity index (χ1v) is 13.5. The minimum Gasteiger partial charge on any atom is -0.468 e. The van der Waals surface area contributed by atoms with Crippen molar-refractivity contribution in [1.29, 1.82) is 0 Å². The molecular formula is C33H32N2O4. The quantitative estimate of drug-likeness (QED) is 0.226. The predicted molar refractivity (Wildman–Crippen MR) is 152 cm³/mol. The van der Waals surface area contributed by atoms with E-state index in [1.807, 2.05) is 66.1 Å². The lowest BCUT2D eigenvalue weighted by molar-refractivity contribution is -0.141. The highest BCUT2D eigenvalue weighted by atomic mass is 16.6. The zero-order valence-corrected chi connectivity index (χ0v) is 22.8. The topological polar surface area (TPSA) is 62.5 Å². The van der Waals surface area contributed by atoms with E-state index in [9.17, 15) is 9.59 Å². The number of carbonyl (C=O) groups is 2. The van der Waals surface area contributed by atoms with Crippen LogP contribution in [0.4, 0.5) is 0 Å². The van der Waals surface area contributed by atoms with Crippen molar-refractivity contribution in [1.82, 2.24) is 9.13 Å². The minimum atomic E-state index is -1.19. The number of cyclic esters (lactones) is 1. The molecule has 6 heteroatoms. The molecule has 0 fully saturated rings. The van der Waals surface area contributed by atoms with Gasteiger partial charge in [0.1, 0.15) is 6.54 Å². The van der Waals surface area contributed by atoms with E-state index in [1.54, 1.807) is 0 Å². The van der Waals surface area contributed by atoms with Gasteiger partial charge in [-0.15, -0.1) is 0 Å². The molecule has 2 aromatic heterocycles. The molecule has 39 heavy (non-hydrogen) atoms. The Balaban J connectivity index is 1.78. The molecule has 1 atom stereocenters. The van der Waals surface area contributed by atoms with E-state index in [0.717, 1.165) is 69.3 Å². The van der Waals surface area contributed by atoms with Crippen LogP contribution in [-0.4, -0.2) is 28.2 Å². The van der Waals surface area contributed by atoms with Crippen LogP contribution in [0.15, 0.2) is 72.8 Å². The molecule has 1 unspecified atom stereocenters. The van der Waals surface area contributed by atoms with Crippen molar-refractivity contribution in [3.8, 4) is 0 Å². The van der Waals surface area contributed by atoms with Gasteiger partial charge >= 0.3 is 11.9 Å². The van der Waals surface area contributed by atoms with E-state index in [0.29, 0.717) is 5.56 Å². The number of rotatable bonds is 7. The standard InChI is InChI=1S/C33H32N2O4/c1-5-6-19-34-21(2)30(24-14-8-11-17-27(24)34)33(26-16-10-7-13-23(26)32(37)39-33)31-22(3)35(20-29(36)38-4)28-18-12-9-15-25(28)31/h7-18H,5-6,19-20H2,1-4H3. The molecule has 0 spiro atoms. The molecule has 0 radical (unpaired) electrons. The summed E-state index contributed by atoms with van der Waals surface area (Å²) >= 11 is 0. The highest BCUT2D eigenvalue weighted by molar-refractivity contribution is 6.01. The lowest BCUT2D eigenvalue weighted by Gasteiger charge is -2.31. The van der Waals surface area contributed by atoms with Gasteiger partial charge in [-0.3, -0.25) is 4.79 Å². The van der Waals surface area contributed by atoms with E-state index >= 15 is 0 Å². The van der Waals surface area contributed by atoms with Gasteiger partial charge < -0.3 is 18.6 Å². The van der Waals surface area contributed by atoms with Gasteiger partial charge in [0, 0.05) is 56.4 Å². The molecule has 0 aliphatic carbocycles. The molecule has 5 aromatic rings. The Bertz CT molecular complexity index is 1760. The smallest absolute Gasteiger partial charge is 0.340 e. The Hall–Kier alpha value is -4.32. The van der Waals surface area contributed by atoms with Crippen LogP contribution in [0.2, 0.25) is 0 Å². The van der Waals surface area contributed by atoms with Crippen molar-refractivity contribution in [3.05, 3.63) is 106 Å². The lowest BCUT2D eigenvalue weighted by atomic mass is 9.77. The number of aromatic nitrogens is 2. The first-order valence-electron chi connectivity index (χ1n) is 13.5. The summed E-state index contributed by atoms with van der Waals surface area (Å²) in [6, 6.07) is 24.1. The number of esters is 2. The van der Waals surface area contributed by atoms with Crippen LogP contribution in [0.5, 0.6) is 0 Å². The maximum Gasteiger partial charge on any atom is 0.340 e. The Morgan fingerprint density at radius 2 is 1.41 bits per heavy atom. The molecule has 0 saturated heterocycles. The maximum absolute atomic E-state index is 13.6. The average molecular weight is 521 g/mol. The number of unbranched alkanes of at least 4 members (excludes halogenated alkanes) is 1. The fourth-order valence-electron chi connectivity index (χ4n) is 6.47. The molecule has 198 valence electrons. The van der Waals surface area contributed by atoms with Crippen LogP contribution in [0.25, 0.3) is 21.8 Å². The predicted octanol–water partition coefficient (Wildman–Crippen LogP) is 6.65. The highest BCUT2D eigenvalue weighted by Gasteiger charge is 2.53. The molecule has 6 rings (SSSR count). The summed E-state index contributed by atoms with van der Waals surface area (Å²) in [6.07, 6.45) is 2.12. The molecule has 0 bridgehead atoms. The number of hydrogen-bond donors (Lipinski definition) is 0. The third kappa shape index (κ3) is 3.54. The van der Waals surface area contributed by atoms with Gasteiger partial charge in [0.2, 0.25) is 0 Å². The van der Waals surface area contributed by atoms with Crippen molar-refractivity contribution < 1.29 is 19.1 Å². The Morgan fingerprint density at radius 1 is 0.846 bits per heavy atom. The fraction of sp³-hybridized carbons (Fsp3) is 0.273. The van der Waals surface area contributed by atoms with Gasteiger partial charge in [0.15, 0.2) is 5.60 Å². The zero-order chi connectivity index (χ0) is 27.3. The number of ether oxygens (including phenoxy) is 2. The van der Waals surface area contributed by atoms with Crippen LogP contribution >= 0.6 is 0 Å². The number of fused-ring (bicyclic) bond motifs is 3. The maximum atomic E-state index is 13.6. The number of methoxy groups -OCH3 is 1. The first-order chi connectivity index (χ1) is 18.9. The van der Waals surface area contributed by atoms with Crippen molar-refractivity contribution in [2.45, 2.75) is 52.3 Å². The number of hydrogen-bond acceptors (Lipinski definition) is 4. The molecule has 3 heterocycles. The van der Waals surface area contributed by atoms with Gasteiger partial charge in [-0.1, -0.05) is 67.9 Å². The SMILES string of the molecule is CCCCn1c(C)c(C2(c3c(C)n(CC(=O)OC)c4ccccc34)OC(=O)c3ccccc32)c2ccccc21. The van der Waals surface area contributed by atoms with Gasteiger partial charge in [0.25, 0.3) is 0 Å². The lowest BCUT2D eigenvalue weighted by Crippen LogP contribution is -2.31. The highest BCUT2D eigenvalue weighted by Crippen LogP contribution is 2.53. The van der Waals surface area contributed by atoms with Crippen LogP contribution < -0.4 is 0 Å². The zero-order valence-electron chi connectivity index (χ0n) is 22.8. The number of benzene rings is 3. The normalized spacial score (nSPS) is 16.6. The molecule has 0 amide bonds. The van der Waals surface area contributed by atoms with Gasteiger partial charge in [-0.25, -0.2) is 4.79 Å². The van der Waals surface area contributed by atoms with E-state index in [-0.39, 0.29) is 18.5 Å². The van der Waals surface area contributed by atoms with E-state index < -0.39 is 5.60 Å². The average Bonchev–Trinajstić information content (AvgIpc) is 3.52. The number of carbonyl (C=O) groups excluding carboxylic acids is 2. The number of aryl methyl sites for hydroxylation is 1. The molecule has 6 nitrogen and oxygen atoms in total. The largest absolute Gasteiger partial charge is 0.468 e. The second kappa shape index (κ2) is 9.45. The molecular weight excluding hydrogens is 488 g/mol. The van der Waals surface area contributed by atoms with Crippen molar-refractivity contribution in [3.63, 3.8) is 0 Å². The van der Waals surface area contributed by atoms with Crippen LogP contribution in [0.3, 0.4) is 0 Å². The molecule has 0 N–H and O–H groups in total. The minimum absolute atomic E-state index is 0.0613. The van der Waals surface area contributed by atoms with Crippen LogP contribution in [-0.2, 0) is 33.0 Å². The van der Waals surface area contributed by atoms with Crippen molar-refractivity contribution in [2.24, 2.45) is 0 Å². The Labute approximate surface area is 227 Å². The molecule has 1 aliphatic rings. The van der Waals surface area contributed by atoms with Gasteiger partial charge in [0.05, 0.1) is 12.7 Å². The van der Waals surface area contributed by atoms with Crippen molar-refractivity contribution in [2.75, 3.05) is 7.11 Å². The van der Waals surface area contributed by atoms with E-state index in [1.165, 1.54) is 7.11 Å². The summed E-state index contributed by atoms with van der Waals surface area (Å²) in [7, 11) is 1.40. The third-order valence-corrected chi connectivity index (χ3v) is 8.19. The molecule has 0 saturated carbocycles. The summed E-state index contributed by atoms with van der Waals surface area (Å²) in [5, 5.41) is 1.99. The summed E-state index contributed by atoms with van der Waals surface area (Å²) < 4.78 is 16.0.